The first kappa shape index (κ1) is 14.7. The molecule has 1 saturated carbocycles. The SMILES string of the molecule is O=C(Nc1cc(Br)c(F)cc1F)c1cc(Br)cn1C1CC1. The maximum absolute atomic E-state index is 13.7. The zero-order chi connectivity index (χ0) is 15.1. The zero-order valence-electron chi connectivity index (χ0n) is 10.7. The lowest BCUT2D eigenvalue weighted by Gasteiger charge is -2.10. The average Bonchev–Trinajstić information content (AvgIpc) is 3.18. The number of nitrogens with one attached hydrogen (secondary N) is 1. The second kappa shape index (κ2) is 5.53. The Morgan fingerprint density at radius 2 is 1.90 bits per heavy atom. The van der Waals surface area contributed by atoms with E-state index in [4.69, 9.17) is 0 Å². The van der Waals surface area contributed by atoms with Crippen LogP contribution in [0.1, 0.15) is 29.4 Å². The molecule has 0 spiro atoms. The van der Waals surface area contributed by atoms with Crippen LogP contribution in [0.25, 0.3) is 0 Å². The molecule has 0 atom stereocenters. The molecule has 1 aliphatic rings. The molecule has 3 nitrogen and oxygen atoms in total. The van der Waals surface area contributed by atoms with E-state index in [1.165, 1.54) is 6.07 Å². The monoisotopic (exact) mass is 418 g/mol. The number of nitrogens with zero attached hydrogens (tertiary/aromatic N) is 1. The number of carbonyl (C=O) groups is 1. The van der Waals surface area contributed by atoms with Gasteiger partial charge in [-0.15, -0.1) is 0 Å². The van der Waals surface area contributed by atoms with Crippen LogP contribution in [0.5, 0.6) is 0 Å². The first-order chi connectivity index (χ1) is 9.95. The minimum atomic E-state index is -0.812. The molecule has 1 aromatic heterocycles. The van der Waals surface area contributed by atoms with E-state index in [2.05, 4.69) is 37.2 Å². The Morgan fingerprint density at radius 3 is 2.57 bits per heavy atom. The van der Waals surface area contributed by atoms with Gasteiger partial charge in [0, 0.05) is 22.8 Å². The number of halogens is 4. The number of amides is 1. The Hall–Kier alpha value is -1.21. The molecule has 0 unspecified atom stereocenters. The van der Waals surface area contributed by atoms with Crippen LogP contribution in [0, 0.1) is 11.6 Å². The molecule has 0 bridgehead atoms. The van der Waals surface area contributed by atoms with Crippen molar-refractivity contribution in [2.45, 2.75) is 18.9 Å². The summed E-state index contributed by atoms with van der Waals surface area (Å²) in [5, 5.41) is 2.48. The molecule has 1 N–H and O–H groups in total. The van der Waals surface area contributed by atoms with Crippen molar-refractivity contribution in [3.8, 4) is 0 Å². The van der Waals surface area contributed by atoms with Crippen LogP contribution in [0.3, 0.4) is 0 Å². The Morgan fingerprint density at radius 1 is 1.19 bits per heavy atom. The van der Waals surface area contributed by atoms with Crippen LogP contribution in [-0.4, -0.2) is 10.5 Å². The number of aromatic nitrogens is 1. The van der Waals surface area contributed by atoms with Crippen molar-refractivity contribution in [1.29, 1.82) is 0 Å². The third-order valence-corrected chi connectivity index (χ3v) is 4.29. The Labute approximate surface area is 136 Å². The summed E-state index contributed by atoms with van der Waals surface area (Å²) in [6.45, 7) is 0. The van der Waals surface area contributed by atoms with Gasteiger partial charge in [-0.05, 0) is 56.8 Å². The summed E-state index contributed by atoms with van der Waals surface area (Å²) in [5.74, 6) is -1.95. The van der Waals surface area contributed by atoms with Crippen LogP contribution >= 0.6 is 31.9 Å². The maximum atomic E-state index is 13.7. The van der Waals surface area contributed by atoms with Crippen LogP contribution < -0.4 is 5.32 Å². The molecule has 1 heterocycles. The van der Waals surface area contributed by atoms with Crippen molar-refractivity contribution >= 4 is 43.5 Å². The number of rotatable bonds is 3. The average molecular weight is 420 g/mol. The molecule has 0 saturated heterocycles. The molecule has 1 aliphatic carbocycles. The normalized spacial score (nSPS) is 14.3. The lowest BCUT2D eigenvalue weighted by molar-refractivity contribution is 0.101. The highest BCUT2D eigenvalue weighted by molar-refractivity contribution is 9.10. The van der Waals surface area contributed by atoms with E-state index in [0.29, 0.717) is 11.7 Å². The van der Waals surface area contributed by atoms with E-state index in [1.807, 2.05) is 10.8 Å². The molecular formula is C14H10Br2F2N2O. The fraction of sp³-hybridized carbons (Fsp3) is 0.214. The van der Waals surface area contributed by atoms with Crippen molar-refractivity contribution in [2.75, 3.05) is 5.32 Å². The topological polar surface area (TPSA) is 34.0 Å². The van der Waals surface area contributed by atoms with Crippen LogP contribution in [-0.2, 0) is 0 Å². The van der Waals surface area contributed by atoms with E-state index < -0.39 is 17.5 Å². The van der Waals surface area contributed by atoms with Crippen molar-refractivity contribution in [1.82, 2.24) is 4.57 Å². The van der Waals surface area contributed by atoms with Gasteiger partial charge in [0.2, 0.25) is 0 Å². The van der Waals surface area contributed by atoms with Crippen molar-refractivity contribution < 1.29 is 13.6 Å². The van der Waals surface area contributed by atoms with Crippen LogP contribution in [0.2, 0.25) is 0 Å². The second-order valence-electron chi connectivity index (χ2n) is 4.88. The van der Waals surface area contributed by atoms with Gasteiger partial charge in [0.25, 0.3) is 5.91 Å². The molecular weight excluding hydrogens is 410 g/mol. The minimum Gasteiger partial charge on any atom is -0.339 e. The predicted molar refractivity (Wildman–Crippen MR) is 82.4 cm³/mol. The number of anilines is 1. The lowest BCUT2D eigenvalue weighted by atomic mass is 10.3. The van der Waals surface area contributed by atoms with E-state index in [0.717, 1.165) is 23.4 Å². The molecule has 1 aromatic carbocycles. The number of benzene rings is 1. The van der Waals surface area contributed by atoms with Crippen molar-refractivity contribution in [3.63, 3.8) is 0 Å². The van der Waals surface area contributed by atoms with Gasteiger partial charge in [-0.1, -0.05) is 0 Å². The Kier molecular flexibility index (Phi) is 3.88. The molecule has 2 aromatic rings. The molecule has 1 fully saturated rings. The van der Waals surface area contributed by atoms with Gasteiger partial charge in [0.15, 0.2) is 0 Å². The zero-order valence-corrected chi connectivity index (χ0v) is 13.8. The fourth-order valence-corrected chi connectivity index (χ4v) is 2.87. The molecule has 0 radical (unpaired) electrons. The third-order valence-electron chi connectivity index (χ3n) is 3.25. The van der Waals surface area contributed by atoms with Crippen molar-refractivity contribution in [3.05, 3.63) is 50.7 Å². The number of hydrogen-bond acceptors (Lipinski definition) is 1. The summed E-state index contributed by atoms with van der Waals surface area (Å²) in [6, 6.07) is 3.95. The highest BCUT2D eigenvalue weighted by Gasteiger charge is 2.28. The standard InChI is InChI=1S/C14H10Br2F2N2O/c15-7-3-13(20(6-7)8-1-2-8)14(21)19-12-4-9(16)10(17)5-11(12)18/h3-6,8H,1-2H2,(H,19,21). The summed E-state index contributed by atoms with van der Waals surface area (Å²) in [5.41, 5.74) is 0.386. The summed E-state index contributed by atoms with van der Waals surface area (Å²) < 4.78 is 29.6. The minimum absolute atomic E-state index is 0.0621. The summed E-state index contributed by atoms with van der Waals surface area (Å²) in [7, 11) is 0. The fourth-order valence-electron chi connectivity index (χ4n) is 2.09. The summed E-state index contributed by atoms with van der Waals surface area (Å²) in [4.78, 5) is 12.3. The van der Waals surface area contributed by atoms with Gasteiger partial charge in [0.05, 0.1) is 10.2 Å². The molecule has 110 valence electrons. The van der Waals surface area contributed by atoms with Crippen LogP contribution in [0.15, 0.2) is 33.3 Å². The van der Waals surface area contributed by atoms with Gasteiger partial charge in [0.1, 0.15) is 17.3 Å². The number of carbonyl (C=O) groups excluding carboxylic acids is 1. The third kappa shape index (κ3) is 3.03. The van der Waals surface area contributed by atoms with E-state index >= 15 is 0 Å². The lowest BCUT2D eigenvalue weighted by Crippen LogP contribution is -2.17. The maximum Gasteiger partial charge on any atom is 0.272 e. The molecule has 7 heteroatoms. The molecule has 21 heavy (non-hydrogen) atoms. The Balaban J connectivity index is 1.88. The van der Waals surface area contributed by atoms with E-state index in [1.54, 1.807) is 6.07 Å². The predicted octanol–water partition coefficient (Wildman–Crippen LogP) is 4.88. The van der Waals surface area contributed by atoms with Gasteiger partial charge in [-0.25, -0.2) is 8.78 Å². The van der Waals surface area contributed by atoms with E-state index in [9.17, 15) is 13.6 Å². The smallest absolute Gasteiger partial charge is 0.272 e. The van der Waals surface area contributed by atoms with E-state index in [-0.39, 0.29) is 10.2 Å². The van der Waals surface area contributed by atoms with Crippen molar-refractivity contribution in [2.24, 2.45) is 0 Å². The molecule has 3 rings (SSSR count). The summed E-state index contributed by atoms with van der Waals surface area (Å²) in [6.07, 6.45) is 3.89. The molecule has 0 aliphatic heterocycles. The van der Waals surface area contributed by atoms with Crippen LogP contribution in [0.4, 0.5) is 14.5 Å². The highest BCUT2D eigenvalue weighted by atomic mass is 79.9. The summed E-state index contributed by atoms with van der Waals surface area (Å²) >= 11 is 6.31. The largest absolute Gasteiger partial charge is 0.339 e. The quantitative estimate of drug-likeness (QED) is 0.707. The van der Waals surface area contributed by atoms with Gasteiger partial charge in [-0.3, -0.25) is 4.79 Å². The van der Waals surface area contributed by atoms with Gasteiger partial charge < -0.3 is 9.88 Å². The first-order valence-electron chi connectivity index (χ1n) is 6.29. The second-order valence-corrected chi connectivity index (χ2v) is 6.65. The number of hydrogen-bond donors (Lipinski definition) is 1. The Bertz CT molecular complexity index is 726. The molecule has 1 amide bonds. The van der Waals surface area contributed by atoms with Gasteiger partial charge >= 0.3 is 0 Å². The first-order valence-corrected chi connectivity index (χ1v) is 7.87. The highest BCUT2D eigenvalue weighted by Crippen LogP contribution is 2.37. The van der Waals surface area contributed by atoms with Gasteiger partial charge in [-0.2, -0.15) is 0 Å².